The molecule has 23 heavy (non-hydrogen) atoms. The minimum absolute atomic E-state index is 0.113. The Hall–Kier alpha value is -1.94. The van der Waals surface area contributed by atoms with Crippen molar-refractivity contribution in [3.8, 4) is 0 Å². The first-order valence-electron chi connectivity index (χ1n) is 8.05. The molecule has 0 saturated carbocycles. The van der Waals surface area contributed by atoms with Gasteiger partial charge in [0.05, 0.1) is 11.1 Å². The molecule has 0 spiro atoms. The molecule has 1 aromatic heterocycles. The second kappa shape index (κ2) is 6.67. The minimum Gasteiger partial charge on any atom is -0.266 e. The van der Waals surface area contributed by atoms with Crippen LogP contribution in [-0.2, 0) is 12.8 Å². The van der Waals surface area contributed by atoms with E-state index < -0.39 is 0 Å². The summed E-state index contributed by atoms with van der Waals surface area (Å²) >= 11 is 1.61. The molecule has 1 unspecified atom stereocenters. The van der Waals surface area contributed by atoms with Crippen molar-refractivity contribution in [3.05, 3.63) is 56.3 Å². The van der Waals surface area contributed by atoms with Crippen LogP contribution in [0.2, 0.25) is 0 Å². The molecule has 3 nitrogen and oxygen atoms in total. The fraction of sp³-hybridized carbons (Fsp3) is 0.368. The van der Waals surface area contributed by atoms with Gasteiger partial charge in [0.15, 0.2) is 0 Å². The van der Waals surface area contributed by atoms with Crippen LogP contribution in [0.1, 0.15) is 50.1 Å². The molecule has 120 valence electrons. The Morgan fingerprint density at radius 3 is 2.96 bits per heavy atom. The molecule has 0 bridgehead atoms. The molecule has 1 aliphatic carbocycles. The summed E-state index contributed by atoms with van der Waals surface area (Å²) in [6, 6.07) is 8.21. The molecule has 4 heteroatoms. The zero-order valence-electron chi connectivity index (χ0n) is 13.8. The largest absolute Gasteiger partial charge is 0.281 e. The SMILES string of the molecule is Cc1ccc(/C=N/NC(=O)c2cc3c(s2)CCC(C)C3)c(C)c1. The Bertz CT molecular complexity index is 761. The Labute approximate surface area is 141 Å². The average Bonchev–Trinajstić information content (AvgIpc) is 2.92. The fourth-order valence-electron chi connectivity index (χ4n) is 3.00. The first-order chi connectivity index (χ1) is 11.0. The van der Waals surface area contributed by atoms with Crippen LogP contribution in [0.5, 0.6) is 0 Å². The third-order valence-electron chi connectivity index (χ3n) is 4.35. The van der Waals surface area contributed by atoms with Gasteiger partial charge < -0.3 is 0 Å². The van der Waals surface area contributed by atoms with Gasteiger partial charge in [0, 0.05) is 4.88 Å². The van der Waals surface area contributed by atoms with Gasteiger partial charge in [-0.05, 0) is 61.8 Å². The van der Waals surface area contributed by atoms with E-state index in [1.54, 1.807) is 17.6 Å². The van der Waals surface area contributed by atoms with Crippen molar-refractivity contribution in [1.82, 2.24) is 5.43 Å². The molecule has 0 fully saturated rings. The number of nitrogens with one attached hydrogen (secondary N) is 1. The first-order valence-corrected chi connectivity index (χ1v) is 8.87. The quantitative estimate of drug-likeness (QED) is 0.665. The van der Waals surface area contributed by atoms with E-state index in [0.717, 1.165) is 34.8 Å². The number of rotatable bonds is 3. The summed E-state index contributed by atoms with van der Waals surface area (Å²) in [5, 5.41) is 4.11. The molecule has 1 aliphatic rings. The normalized spacial score (nSPS) is 17.3. The van der Waals surface area contributed by atoms with Gasteiger partial charge in [-0.25, -0.2) is 5.43 Å². The number of hydrogen-bond donors (Lipinski definition) is 1. The van der Waals surface area contributed by atoms with E-state index in [-0.39, 0.29) is 5.91 Å². The van der Waals surface area contributed by atoms with E-state index in [2.05, 4.69) is 30.4 Å². The van der Waals surface area contributed by atoms with E-state index in [0.29, 0.717) is 0 Å². The van der Waals surface area contributed by atoms with Crippen LogP contribution in [0.3, 0.4) is 0 Å². The van der Waals surface area contributed by atoms with Gasteiger partial charge in [-0.1, -0.05) is 30.7 Å². The summed E-state index contributed by atoms with van der Waals surface area (Å²) in [7, 11) is 0. The Morgan fingerprint density at radius 2 is 2.17 bits per heavy atom. The summed E-state index contributed by atoms with van der Waals surface area (Å²) < 4.78 is 0. The predicted octanol–water partition coefficient (Wildman–Crippen LogP) is 4.25. The van der Waals surface area contributed by atoms with E-state index in [4.69, 9.17) is 0 Å². The highest BCUT2D eigenvalue weighted by Crippen LogP contribution is 2.32. The maximum Gasteiger partial charge on any atom is 0.281 e. The monoisotopic (exact) mass is 326 g/mol. The lowest BCUT2D eigenvalue weighted by molar-refractivity contribution is 0.0959. The van der Waals surface area contributed by atoms with Crippen molar-refractivity contribution >= 4 is 23.5 Å². The highest BCUT2D eigenvalue weighted by molar-refractivity contribution is 7.14. The molecule has 3 rings (SSSR count). The Morgan fingerprint density at radius 1 is 1.35 bits per heavy atom. The van der Waals surface area contributed by atoms with Gasteiger partial charge in [-0.2, -0.15) is 5.10 Å². The molecule has 1 amide bonds. The van der Waals surface area contributed by atoms with Crippen molar-refractivity contribution in [2.24, 2.45) is 11.0 Å². The molecule has 0 saturated heterocycles. The lowest BCUT2D eigenvalue weighted by Gasteiger charge is -2.16. The van der Waals surface area contributed by atoms with E-state index in [1.165, 1.54) is 22.4 Å². The molecular weight excluding hydrogens is 304 g/mol. The van der Waals surface area contributed by atoms with Crippen LogP contribution >= 0.6 is 11.3 Å². The smallest absolute Gasteiger partial charge is 0.266 e. The number of aryl methyl sites for hydroxylation is 3. The molecule has 1 heterocycles. The van der Waals surface area contributed by atoms with E-state index in [1.807, 2.05) is 25.1 Å². The molecule has 1 N–H and O–H groups in total. The van der Waals surface area contributed by atoms with Crippen LogP contribution in [-0.4, -0.2) is 12.1 Å². The first kappa shape index (κ1) is 15.9. The summed E-state index contributed by atoms with van der Waals surface area (Å²) in [5.74, 6) is 0.605. The van der Waals surface area contributed by atoms with Crippen molar-refractivity contribution in [1.29, 1.82) is 0 Å². The van der Waals surface area contributed by atoms with Crippen LogP contribution < -0.4 is 5.43 Å². The van der Waals surface area contributed by atoms with Crippen LogP contribution in [0.25, 0.3) is 0 Å². The Kier molecular flexibility index (Phi) is 4.62. The van der Waals surface area contributed by atoms with Crippen LogP contribution in [0.4, 0.5) is 0 Å². The number of benzene rings is 1. The Balaban J connectivity index is 1.66. The zero-order valence-corrected chi connectivity index (χ0v) is 14.7. The molecule has 0 aliphatic heterocycles. The van der Waals surface area contributed by atoms with Crippen LogP contribution in [0.15, 0.2) is 29.4 Å². The van der Waals surface area contributed by atoms with Crippen molar-refractivity contribution in [3.63, 3.8) is 0 Å². The zero-order chi connectivity index (χ0) is 16.4. The number of thiophene rings is 1. The lowest BCUT2D eigenvalue weighted by Crippen LogP contribution is -2.16. The topological polar surface area (TPSA) is 41.5 Å². The highest BCUT2D eigenvalue weighted by atomic mass is 32.1. The second-order valence-electron chi connectivity index (χ2n) is 6.47. The fourth-order valence-corrected chi connectivity index (χ4v) is 4.10. The molecule has 1 aromatic carbocycles. The van der Waals surface area contributed by atoms with Gasteiger partial charge in [-0.3, -0.25) is 4.79 Å². The van der Waals surface area contributed by atoms with Gasteiger partial charge >= 0.3 is 0 Å². The van der Waals surface area contributed by atoms with Gasteiger partial charge in [0.2, 0.25) is 0 Å². The van der Waals surface area contributed by atoms with Gasteiger partial charge in [-0.15, -0.1) is 11.3 Å². The van der Waals surface area contributed by atoms with Gasteiger partial charge in [0.1, 0.15) is 0 Å². The molecule has 2 aromatic rings. The van der Waals surface area contributed by atoms with Crippen molar-refractivity contribution in [2.75, 3.05) is 0 Å². The van der Waals surface area contributed by atoms with Gasteiger partial charge in [0.25, 0.3) is 5.91 Å². The third-order valence-corrected chi connectivity index (χ3v) is 5.58. The van der Waals surface area contributed by atoms with E-state index in [9.17, 15) is 4.79 Å². The van der Waals surface area contributed by atoms with Crippen molar-refractivity contribution in [2.45, 2.75) is 40.0 Å². The maximum atomic E-state index is 12.3. The van der Waals surface area contributed by atoms with Crippen LogP contribution in [0, 0.1) is 19.8 Å². The summed E-state index contributed by atoms with van der Waals surface area (Å²) in [4.78, 5) is 14.4. The summed E-state index contributed by atoms with van der Waals surface area (Å²) in [6.45, 7) is 6.38. The summed E-state index contributed by atoms with van der Waals surface area (Å²) in [6.07, 6.45) is 5.12. The third kappa shape index (κ3) is 3.70. The van der Waals surface area contributed by atoms with Crippen molar-refractivity contribution < 1.29 is 4.79 Å². The highest BCUT2D eigenvalue weighted by Gasteiger charge is 2.20. The average molecular weight is 326 g/mol. The number of hydrogen-bond acceptors (Lipinski definition) is 3. The summed E-state index contributed by atoms with van der Waals surface area (Å²) in [5.41, 5.74) is 7.40. The maximum absolute atomic E-state index is 12.3. The standard InChI is InChI=1S/C19H22N2OS/c1-12-4-6-15(14(3)8-12)11-20-21-19(22)18-10-16-9-13(2)5-7-17(16)23-18/h4,6,8,10-11,13H,5,7,9H2,1-3H3,(H,21,22)/b20-11+. The number of carbonyl (C=O) groups excluding carboxylic acids is 1. The number of hydrazone groups is 1. The number of carbonyl (C=O) groups is 1. The number of amides is 1. The van der Waals surface area contributed by atoms with E-state index >= 15 is 0 Å². The number of fused-ring (bicyclic) bond motifs is 1. The predicted molar refractivity (Wildman–Crippen MR) is 96.5 cm³/mol. The minimum atomic E-state index is -0.113. The molecule has 1 atom stereocenters. The molecule has 0 radical (unpaired) electrons. The second-order valence-corrected chi connectivity index (χ2v) is 7.60. The number of nitrogens with zero attached hydrogens (tertiary/aromatic N) is 1. The lowest BCUT2D eigenvalue weighted by atomic mass is 9.90. The molecular formula is C19H22N2OS.